The second kappa shape index (κ2) is 3.91. The van der Waals surface area contributed by atoms with Gasteiger partial charge in [-0.25, -0.2) is 13.8 Å². The van der Waals surface area contributed by atoms with Crippen LogP contribution in [0.15, 0.2) is 6.20 Å². The van der Waals surface area contributed by atoms with Crippen LogP contribution in [0.1, 0.15) is 29.3 Å². The summed E-state index contributed by atoms with van der Waals surface area (Å²) in [4.78, 5) is 3.92. The fraction of sp³-hybridized carbons (Fsp3) is 0.571. The number of hydrogen-bond donors (Lipinski definition) is 1. The van der Waals surface area contributed by atoms with Gasteiger partial charge in [0, 0.05) is 6.20 Å². The molecule has 0 aliphatic heterocycles. The zero-order valence-corrected chi connectivity index (χ0v) is 7.66. The first-order chi connectivity index (χ1) is 5.65. The third-order valence-electron chi connectivity index (χ3n) is 1.56. The molecule has 1 heterocycles. The highest BCUT2D eigenvalue weighted by atomic mass is 32.1. The van der Waals surface area contributed by atoms with Crippen LogP contribution in [0.2, 0.25) is 0 Å². The van der Waals surface area contributed by atoms with Gasteiger partial charge in [0.2, 0.25) is 0 Å². The molecule has 0 amide bonds. The van der Waals surface area contributed by atoms with Crippen molar-refractivity contribution in [1.29, 1.82) is 0 Å². The molecule has 5 heteroatoms. The summed E-state index contributed by atoms with van der Waals surface area (Å²) in [5, 5.41) is 3.64. The van der Waals surface area contributed by atoms with Crippen molar-refractivity contribution in [3.8, 4) is 0 Å². The normalized spacial score (nSPS) is 13.8. The Morgan fingerprint density at radius 3 is 2.67 bits per heavy atom. The van der Waals surface area contributed by atoms with Crippen LogP contribution >= 0.6 is 11.3 Å². The van der Waals surface area contributed by atoms with Crippen molar-refractivity contribution in [2.75, 3.05) is 7.05 Å². The van der Waals surface area contributed by atoms with E-state index in [4.69, 9.17) is 0 Å². The molecule has 1 atom stereocenters. The average molecular weight is 192 g/mol. The molecule has 0 radical (unpaired) electrons. The molecule has 12 heavy (non-hydrogen) atoms. The minimum absolute atomic E-state index is 0.0344. The summed E-state index contributed by atoms with van der Waals surface area (Å²) in [6.45, 7) is 1.88. The molecule has 0 aliphatic carbocycles. The highest BCUT2D eigenvalue weighted by Crippen LogP contribution is 2.27. The number of nitrogens with zero attached hydrogens (tertiary/aromatic N) is 1. The fourth-order valence-corrected chi connectivity index (χ4v) is 1.56. The van der Waals surface area contributed by atoms with E-state index in [0.717, 1.165) is 11.3 Å². The van der Waals surface area contributed by atoms with E-state index in [9.17, 15) is 8.78 Å². The van der Waals surface area contributed by atoms with Crippen molar-refractivity contribution in [3.63, 3.8) is 0 Å². The van der Waals surface area contributed by atoms with Crippen LogP contribution in [0.4, 0.5) is 8.78 Å². The van der Waals surface area contributed by atoms with Gasteiger partial charge in [-0.2, -0.15) is 0 Å². The molecule has 0 aromatic carbocycles. The lowest BCUT2D eigenvalue weighted by Crippen LogP contribution is -2.11. The van der Waals surface area contributed by atoms with Crippen LogP contribution in [0.3, 0.4) is 0 Å². The maximum Gasteiger partial charge on any atom is 0.274 e. The Balaban J connectivity index is 2.77. The summed E-state index contributed by atoms with van der Waals surface area (Å²) in [6, 6.07) is 0.0440. The van der Waals surface area contributed by atoms with E-state index in [0.29, 0.717) is 5.01 Å². The molecule has 0 saturated carbocycles. The van der Waals surface area contributed by atoms with Crippen molar-refractivity contribution in [1.82, 2.24) is 10.3 Å². The van der Waals surface area contributed by atoms with E-state index in [1.165, 1.54) is 6.20 Å². The second-order valence-corrected chi connectivity index (χ2v) is 3.51. The Morgan fingerprint density at radius 2 is 2.25 bits per heavy atom. The molecular formula is C7H10F2N2S. The molecule has 1 aromatic heterocycles. The summed E-state index contributed by atoms with van der Waals surface area (Å²) in [5.74, 6) is 0. The van der Waals surface area contributed by atoms with E-state index in [2.05, 4.69) is 10.3 Å². The zero-order chi connectivity index (χ0) is 9.14. The maximum atomic E-state index is 12.1. The topological polar surface area (TPSA) is 24.9 Å². The molecular weight excluding hydrogens is 182 g/mol. The van der Waals surface area contributed by atoms with Gasteiger partial charge in [-0.3, -0.25) is 0 Å². The van der Waals surface area contributed by atoms with E-state index >= 15 is 0 Å². The number of hydrogen-bond acceptors (Lipinski definition) is 3. The Hall–Kier alpha value is -0.550. The van der Waals surface area contributed by atoms with Gasteiger partial charge in [-0.05, 0) is 14.0 Å². The molecule has 1 rings (SSSR count). The quantitative estimate of drug-likeness (QED) is 0.795. The first-order valence-corrected chi connectivity index (χ1v) is 4.38. The van der Waals surface area contributed by atoms with E-state index in [1.54, 1.807) is 7.05 Å². The Kier molecular flexibility index (Phi) is 3.11. The molecule has 0 aliphatic rings. The molecule has 0 bridgehead atoms. The summed E-state index contributed by atoms with van der Waals surface area (Å²) in [6.07, 6.45) is -1.17. The molecule has 2 nitrogen and oxygen atoms in total. The first-order valence-electron chi connectivity index (χ1n) is 3.56. The molecule has 1 aromatic rings. The zero-order valence-electron chi connectivity index (χ0n) is 6.84. The maximum absolute atomic E-state index is 12.1. The second-order valence-electron chi connectivity index (χ2n) is 2.41. The van der Waals surface area contributed by atoms with Crippen molar-refractivity contribution < 1.29 is 8.78 Å². The predicted octanol–water partition coefficient (Wildman–Crippen LogP) is 2.36. The Morgan fingerprint density at radius 1 is 1.58 bits per heavy atom. The smallest absolute Gasteiger partial charge is 0.274 e. The van der Waals surface area contributed by atoms with E-state index in [-0.39, 0.29) is 10.9 Å². The standard InChI is InChI=1S/C7H10F2N2S/c1-4(10-2)7-11-3-5(12-7)6(8)9/h3-4,6,10H,1-2H3. The molecule has 68 valence electrons. The Bertz CT molecular complexity index is 249. The third kappa shape index (κ3) is 1.98. The SMILES string of the molecule is CNC(C)c1ncc(C(F)F)s1. The number of rotatable bonds is 3. The average Bonchev–Trinajstić information content (AvgIpc) is 2.51. The number of alkyl halides is 2. The summed E-state index contributed by atoms with van der Waals surface area (Å²) in [5.41, 5.74) is 0. The molecule has 0 saturated heterocycles. The summed E-state index contributed by atoms with van der Waals surface area (Å²) in [7, 11) is 1.77. The lowest BCUT2D eigenvalue weighted by Gasteiger charge is -2.03. The summed E-state index contributed by atoms with van der Waals surface area (Å²) < 4.78 is 24.2. The highest BCUT2D eigenvalue weighted by molar-refractivity contribution is 7.11. The van der Waals surface area contributed by atoms with Crippen LogP contribution in [-0.2, 0) is 0 Å². The largest absolute Gasteiger partial charge is 0.311 e. The van der Waals surface area contributed by atoms with Crippen LogP contribution in [0.25, 0.3) is 0 Å². The van der Waals surface area contributed by atoms with E-state index < -0.39 is 6.43 Å². The molecule has 1 unspecified atom stereocenters. The number of aromatic nitrogens is 1. The highest BCUT2D eigenvalue weighted by Gasteiger charge is 2.13. The molecule has 1 N–H and O–H groups in total. The van der Waals surface area contributed by atoms with Crippen molar-refractivity contribution in [2.24, 2.45) is 0 Å². The van der Waals surface area contributed by atoms with Crippen LogP contribution < -0.4 is 5.32 Å². The Labute approximate surface area is 73.6 Å². The van der Waals surface area contributed by atoms with Gasteiger partial charge >= 0.3 is 0 Å². The predicted molar refractivity (Wildman–Crippen MR) is 44.5 cm³/mol. The molecule has 0 fully saturated rings. The monoisotopic (exact) mass is 192 g/mol. The summed E-state index contributed by atoms with van der Waals surface area (Å²) >= 11 is 1.05. The van der Waals surface area contributed by atoms with Gasteiger partial charge in [-0.1, -0.05) is 0 Å². The van der Waals surface area contributed by atoms with Crippen molar-refractivity contribution in [3.05, 3.63) is 16.1 Å². The number of nitrogens with one attached hydrogen (secondary N) is 1. The fourth-order valence-electron chi connectivity index (χ4n) is 0.725. The van der Waals surface area contributed by atoms with Gasteiger partial charge < -0.3 is 5.32 Å². The van der Waals surface area contributed by atoms with E-state index in [1.807, 2.05) is 6.92 Å². The van der Waals surface area contributed by atoms with Gasteiger partial charge in [0.15, 0.2) is 0 Å². The molecule has 0 spiro atoms. The lowest BCUT2D eigenvalue weighted by atomic mass is 10.4. The van der Waals surface area contributed by atoms with Crippen molar-refractivity contribution in [2.45, 2.75) is 19.4 Å². The van der Waals surface area contributed by atoms with Crippen LogP contribution in [0, 0.1) is 0 Å². The minimum Gasteiger partial charge on any atom is -0.311 e. The van der Waals surface area contributed by atoms with Gasteiger partial charge in [0.25, 0.3) is 6.43 Å². The first kappa shape index (κ1) is 9.54. The lowest BCUT2D eigenvalue weighted by molar-refractivity contribution is 0.155. The number of halogens is 2. The van der Waals surface area contributed by atoms with Gasteiger partial charge in [0.1, 0.15) is 5.01 Å². The van der Waals surface area contributed by atoms with Gasteiger partial charge in [-0.15, -0.1) is 11.3 Å². The van der Waals surface area contributed by atoms with Crippen LogP contribution in [0.5, 0.6) is 0 Å². The van der Waals surface area contributed by atoms with Crippen LogP contribution in [-0.4, -0.2) is 12.0 Å². The van der Waals surface area contributed by atoms with Crippen molar-refractivity contribution >= 4 is 11.3 Å². The van der Waals surface area contributed by atoms with Gasteiger partial charge in [0.05, 0.1) is 10.9 Å². The minimum atomic E-state index is -2.40. The third-order valence-corrected chi connectivity index (χ3v) is 2.75. The number of thiazole rings is 1.